The summed E-state index contributed by atoms with van der Waals surface area (Å²) in [4.78, 5) is 0. The van der Waals surface area contributed by atoms with Gasteiger partial charge in [0.05, 0.1) is 6.10 Å². The molecule has 1 heteroatoms. The Morgan fingerprint density at radius 2 is 0.931 bits per heavy atom. The number of aryl methyl sites for hydroxylation is 2. The van der Waals surface area contributed by atoms with Crippen molar-refractivity contribution >= 4 is 0 Å². The number of aliphatic hydroxyl groups excluding tert-OH is 1. The van der Waals surface area contributed by atoms with Crippen molar-refractivity contribution in [2.75, 3.05) is 0 Å². The normalized spacial score (nSPS) is 20.1. The van der Waals surface area contributed by atoms with Gasteiger partial charge in [-0.15, -0.1) is 6.58 Å². The van der Waals surface area contributed by atoms with Crippen molar-refractivity contribution in [2.24, 2.45) is 5.92 Å². The van der Waals surface area contributed by atoms with Gasteiger partial charge in [0.2, 0.25) is 0 Å². The van der Waals surface area contributed by atoms with Crippen molar-refractivity contribution in [3.05, 3.63) is 274 Å². The Labute approximate surface area is 431 Å². The van der Waals surface area contributed by atoms with Crippen LogP contribution in [-0.2, 0) is 29.1 Å². The summed E-state index contributed by atoms with van der Waals surface area (Å²) in [5.74, 6) is 1.50. The molecule has 0 aliphatic heterocycles. The molecule has 0 fully saturated rings. The molecule has 0 radical (unpaired) electrons. The third-order valence-electron chi connectivity index (χ3n) is 17.2. The van der Waals surface area contributed by atoms with Gasteiger partial charge in [0.1, 0.15) is 0 Å². The van der Waals surface area contributed by atoms with E-state index < -0.39 is 0 Å². The standard InChI is InChI=1S/C71H74O/c1-7-17-50(2)24-25-53-26-33-62(34-27-53)71(49-52(4)66-43-32-58(47-68(66)71)56-20-13-9-14-21-56)63-39-37-59(38-40-63)69(5,6)45-44-64(72)41-30-54-28-35-61(36-29-54)70(60-22-15-10-16-23-60)48-51(3)65-42-31-57(46-67(65)70)55-18-11-8-12-19-55/h7-16,18-23,26-29,31-40,42-43,46-47,50-52,64,72H,1,17,24-25,30,41,44-45,48-49H2,2-6H3. The second-order valence-corrected chi connectivity index (χ2v) is 22.5. The first-order valence-corrected chi connectivity index (χ1v) is 27.0. The lowest BCUT2D eigenvalue weighted by Gasteiger charge is -2.34. The Bertz CT molecular complexity index is 3070. The molecule has 0 amide bonds. The predicted octanol–water partition coefficient (Wildman–Crippen LogP) is 17.9. The van der Waals surface area contributed by atoms with Crippen molar-refractivity contribution in [3.8, 4) is 22.3 Å². The van der Waals surface area contributed by atoms with E-state index in [0.29, 0.717) is 17.8 Å². The minimum absolute atomic E-state index is 0.0963. The van der Waals surface area contributed by atoms with Crippen molar-refractivity contribution < 1.29 is 5.11 Å². The van der Waals surface area contributed by atoms with Crippen molar-refractivity contribution in [1.29, 1.82) is 0 Å². The summed E-state index contributed by atoms with van der Waals surface area (Å²) >= 11 is 0. The third-order valence-corrected chi connectivity index (χ3v) is 17.2. The van der Waals surface area contributed by atoms with Crippen LogP contribution in [0.3, 0.4) is 0 Å². The zero-order valence-electron chi connectivity index (χ0n) is 43.5. The Balaban J connectivity index is 0.851. The highest BCUT2D eigenvalue weighted by Gasteiger charge is 2.46. The van der Waals surface area contributed by atoms with E-state index >= 15 is 0 Å². The van der Waals surface area contributed by atoms with Crippen LogP contribution in [-0.4, -0.2) is 11.2 Å². The number of fused-ring (bicyclic) bond motifs is 2. The summed E-state index contributed by atoms with van der Waals surface area (Å²) in [7, 11) is 0. The van der Waals surface area contributed by atoms with E-state index in [1.807, 2.05) is 0 Å². The molecule has 6 atom stereocenters. The molecule has 6 unspecified atom stereocenters. The topological polar surface area (TPSA) is 20.2 Å². The van der Waals surface area contributed by atoms with E-state index in [9.17, 15) is 5.11 Å². The number of allylic oxidation sites excluding steroid dienone is 1. The van der Waals surface area contributed by atoms with Crippen LogP contribution in [0, 0.1) is 5.92 Å². The fourth-order valence-electron chi connectivity index (χ4n) is 12.9. The smallest absolute Gasteiger partial charge is 0.0543 e. The summed E-state index contributed by atoms with van der Waals surface area (Å²) < 4.78 is 0. The molecule has 0 heterocycles. The molecule has 0 spiro atoms. The summed E-state index contributed by atoms with van der Waals surface area (Å²) in [5.41, 5.74) is 19.6. The first-order valence-electron chi connectivity index (χ1n) is 27.0. The molecule has 2 aliphatic rings. The van der Waals surface area contributed by atoms with E-state index in [4.69, 9.17) is 0 Å². The molecule has 0 aromatic heterocycles. The van der Waals surface area contributed by atoms with Gasteiger partial charge in [0.25, 0.3) is 0 Å². The highest BCUT2D eigenvalue weighted by atomic mass is 16.3. The van der Waals surface area contributed by atoms with Gasteiger partial charge < -0.3 is 5.11 Å². The van der Waals surface area contributed by atoms with Crippen LogP contribution in [0.1, 0.15) is 153 Å². The SMILES string of the molecule is C=CCC(C)CCc1ccc(C2(c3ccc(C(C)(C)CCC(O)CCc4ccc(C5(c6ccccc6)CC(C)c6ccc(-c7ccccc7)cc65)cc4)cc3)CC(C)c3ccc(-c4ccccc4)cc32)cc1. The highest BCUT2D eigenvalue weighted by molar-refractivity contribution is 5.71. The van der Waals surface area contributed by atoms with Gasteiger partial charge in [-0.1, -0.05) is 229 Å². The molecule has 0 saturated carbocycles. The molecule has 0 saturated heterocycles. The Hall–Kier alpha value is -6.54. The minimum Gasteiger partial charge on any atom is -0.393 e. The van der Waals surface area contributed by atoms with Crippen LogP contribution in [0.4, 0.5) is 0 Å². The quantitative estimate of drug-likeness (QED) is 0.0850. The molecule has 1 N–H and O–H groups in total. The molecule has 8 aromatic carbocycles. The molecule has 72 heavy (non-hydrogen) atoms. The third kappa shape index (κ3) is 9.62. The average molecular weight is 943 g/mol. The highest BCUT2D eigenvalue weighted by Crippen LogP contribution is 2.56. The van der Waals surface area contributed by atoms with E-state index in [0.717, 1.165) is 51.4 Å². The van der Waals surface area contributed by atoms with Gasteiger partial charge in [0.15, 0.2) is 0 Å². The van der Waals surface area contributed by atoms with Gasteiger partial charge in [-0.25, -0.2) is 0 Å². The van der Waals surface area contributed by atoms with Gasteiger partial charge in [0, 0.05) is 10.8 Å². The summed E-state index contributed by atoms with van der Waals surface area (Å²) in [6, 6.07) is 75.8. The molecule has 364 valence electrons. The number of benzene rings is 8. The Kier molecular flexibility index (Phi) is 14.2. The largest absolute Gasteiger partial charge is 0.393 e. The second kappa shape index (κ2) is 20.9. The number of hydrogen-bond acceptors (Lipinski definition) is 1. The van der Waals surface area contributed by atoms with E-state index in [2.05, 4.69) is 247 Å². The number of rotatable bonds is 18. The van der Waals surface area contributed by atoms with Gasteiger partial charge in [-0.2, -0.15) is 0 Å². The summed E-state index contributed by atoms with van der Waals surface area (Å²) in [6.07, 6.45) is 10.3. The van der Waals surface area contributed by atoms with E-state index in [1.54, 1.807) is 0 Å². The molecule has 1 nitrogen and oxygen atoms in total. The molecule has 8 aromatic rings. The maximum Gasteiger partial charge on any atom is 0.0543 e. The molecular formula is C71H74O. The summed E-state index contributed by atoms with van der Waals surface area (Å²) in [5, 5.41) is 11.6. The van der Waals surface area contributed by atoms with Crippen molar-refractivity contribution in [1.82, 2.24) is 0 Å². The fraction of sp³-hybridized carbons (Fsp3) is 0.296. The van der Waals surface area contributed by atoms with Crippen molar-refractivity contribution in [2.45, 2.75) is 127 Å². The maximum atomic E-state index is 11.6. The van der Waals surface area contributed by atoms with E-state index in [-0.39, 0.29) is 22.3 Å². The molecular weight excluding hydrogens is 869 g/mol. The monoisotopic (exact) mass is 943 g/mol. The molecule has 10 rings (SSSR count). The first kappa shape index (κ1) is 49.1. The second-order valence-electron chi connectivity index (χ2n) is 22.5. The maximum absolute atomic E-state index is 11.6. The summed E-state index contributed by atoms with van der Waals surface area (Å²) in [6.45, 7) is 15.8. The lowest BCUT2D eigenvalue weighted by molar-refractivity contribution is 0.144. The van der Waals surface area contributed by atoms with Gasteiger partial charge in [-0.3, -0.25) is 0 Å². The lowest BCUT2D eigenvalue weighted by Crippen LogP contribution is -2.27. The van der Waals surface area contributed by atoms with Crippen LogP contribution in [0.15, 0.2) is 213 Å². The molecule has 2 aliphatic carbocycles. The minimum atomic E-state index is -0.371. The van der Waals surface area contributed by atoms with Gasteiger partial charge in [-0.05, 0) is 177 Å². The average Bonchev–Trinajstić information content (AvgIpc) is 3.90. The Morgan fingerprint density at radius 3 is 1.39 bits per heavy atom. The zero-order chi connectivity index (χ0) is 49.9. The lowest BCUT2D eigenvalue weighted by atomic mass is 9.68. The van der Waals surface area contributed by atoms with Crippen molar-refractivity contribution in [3.63, 3.8) is 0 Å². The number of aliphatic hydroxyl groups is 1. The zero-order valence-corrected chi connectivity index (χ0v) is 43.5. The van der Waals surface area contributed by atoms with Crippen LogP contribution in [0.2, 0.25) is 0 Å². The van der Waals surface area contributed by atoms with Crippen LogP contribution in [0.25, 0.3) is 22.3 Å². The fourth-order valence-corrected chi connectivity index (χ4v) is 12.9. The Morgan fingerprint density at radius 1 is 0.514 bits per heavy atom. The van der Waals surface area contributed by atoms with Crippen LogP contribution >= 0.6 is 0 Å². The first-order chi connectivity index (χ1) is 35.0. The predicted molar refractivity (Wildman–Crippen MR) is 304 cm³/mol. The number of hydrogen-bond donors (Lipinski definition) is 1. The van der Waals surface area contributed by atoms with E-state index in [1.165, 1.54) is 89.9 Å². The van der Waals surface area contributed by atoms with Crippen LogP contribution in [0.5, 0.6) is 0 Å². The van der Waals surface area contributed by atoms with Crippen LogP contribution < -0.4 is 0 Å². The molecule has 0 bridgehead atoms. The van der Waals surface area contributed by atoms with Gasteiger partial charge >= 0.3 is 0 Å².